The van der Waals surface area contributed by atoms with Gasteiger partial charge in [-0.2, -0.15) is 0 Å². The van der Waals surface area contributed by atoms with Gasteiger partial charge in [0.2, 0.25) is 0 Å². The van der Waals surface area contributed by atoms with E-state index < -0.39 is 0 Å². The number of para-hydroxylation sites is 2. The van der Waals surface area contributed by atoms with E-state index in [1.165, 1.54) is 9.13 Å². The molecule has 0 aliphatic rings. The lowest BCUT2D eigenvalue weighted by molar-refractivity contribution is 0.566. The van der Waals surface area contributed by atoms with E-state index in [2.05, 4.69) is 20.6 Å². The molecule has 4 N–H and O–H groups in total. The highest BCUT2D eigenvalue weighted by molar-refractivity contribution is 5.77. The van der Waals surface area contributed by atoms with E-state index in [1.807, 2.05) is 12.2 Å². The lowest BCUT2D eigenvalue weighted by Gasteiger charge is -2.07. The standard InChI is InChI=1S/C26H30N6O4/c33-23-19-9-1-3-11-21(19)29-25(35)31(23)17-7-15-27-13-5-6-14-28-16-8-18-32-24(34)20-10-2-4-12-22(20)30-26(32)36/h1-6,9-12,27-28H,7-8,13-18H2,(H,29,35)(H,30,36). The van der Waals surface area contributed by atoms with Gasteiger partial charge in [0.05, 0.1) is 21.8 Å². The lowest BCUT2D eigenvalue weighted by atomic mass is 10.2. The van der Waals surface area contributed by atoms with Crippen molar-refractivity contribution in [3.05, 3.63) is 102 Å². The Kier molecular flexibility index (Phi) is 8.43. The van der Waals surface area contributed by atoms with Crippen LogP contribution in [0.15, 0.2) is 79.9 Å². The largest absolute Gasteiger partial charge is 0.328 e. The Bertz CT molecular complexity index is 1480. The molecule has 0 atom stereocenters. The van der Waals surface area contributed by atoms with Gasteiger partial charge in [0, 0.05) is 26.2 Å². The van der Waals surface area contributed by atoms with Crippen LogP contribution >= 0.6 is 0 Å². The molecule has 2 aromatic heterocycles. The second kappa shape index (κ2) is 12.1. The molecule has 0 amide bonds. The van der Waals surface area contributed by atoms with E-state index in [4.69, 9.17) is 0 Å². The number of fused-ring (bicyclic) bond motifs is 2. The second-order valence-corrected chi connectivity index (χ2v) is 8.45. The van der Waals surface area contributed by atoms with Crippen molar-refractivity contribution in [1.82, 2.24) is 29.7 Å². The maximum absolute atomic E-state index is 12.5. The van der Waals surface area contributed by atoms with Crippen molar-refractivity contribution in [3.8, 4) is 0 Å². The first kappa shape index (κ1) is 25.1. The molecule has 4 rings (SSSR count). The van der Waals surface area contributed by atoms with E-state index in [0.29, 0.717) is 73.9 Å². The van der Waals surface area contributed by atoms with Gasteiger partial charge in [-0.1, -0.05) is 36.4 Å². The molecule has 36 heavy (non-hydrogen) atoms. The molecule has 0 bridgehead atoms. The van der Waals surface area contributed by atoms with Gasteiger partial charge in [-0.25, -0.2) is 9.59 Å². The monoisotopic (exact) mass is 490 g/mol. The van der Waals surface area contributed by atoms with Crippen molar-refractivity contribution in [2.75, 3.05) is 26.2 Å². The SMILES string of the molecule is O=c1[nH]c2ccccc2c(=O)n1CCCNCC=CCNCCCn1c(=O)[nH]c2ccccc2c1=O. The van der Waals surface area contributed by atoms with Crippen LogP contribution in [-0.4, -0.2) is 45.3 Å². The summed E-state index contributed by atoms with van der Waals surface area (Å²) < 4.78 is 2.48. The number of hydrogen-bond acceptors (Lipinski definition) is 6. The number of aromatic amines is 2. The van der Waals surface area contributed by atoms with Crippen molar-refractivity contribution in [3.63, 3.8) is 0 Å². The summed E-state index contributed by atoms with van der Waals surface area (Å²) in [7, 11) is 0. The number of rotatable bonds is 12. The number of benzene rings is 2. The molecule has 0 saturated carbocycles. The number of H-pyrrole nitrogens is 2. The molecule has 0 saturated heterocycles. The molecule has 0 fully saturated rings. The second-order valence-electron chi connectivity index (χ2n) is 8.45. The Morgan fingerprint density at radius 1 is 0.639 bits per heavy atom. The van der Waals surface area contributed by atoms with Gasteiger partial charge in [-0.3, -0.25) is 18.7 Å². The highest BCUT2D eigenvalue weighted by Gasteiger charge is 2.07. The molecule has 188 valence electrons. The van der Waals surface area contributed by atoms with Crippen molar-refractivity contribution in [2.45, 2.75) is 25.9 Å². The van der Waals surface area contributed by atoms with Crippen LogP contribution in [0.2, 0.25) is 0 Å². The maximum Gasteiger partial charge on any atom is 0.328 e. The summed E-state index contributed by atoms with van der Waals surface area (Å²) in [6, 6.07) is 14.0. The van der Waals surface area contributed by atoms with Gasteiger partial charge in [-0.15, -0.1) is 0 Å². The van der Waals surface area contributed by atoms with Crippen molar-refractivity contribution in [1.29, 1.82) is 0 Å². The van der Waals surface area contributed by atoms with Gasteiger partial charge in [0.25, 0.3) is 11.1 Å². The van der Waals surface area contributed by atoms with E-state index in [0.717, 1.165) is 0 Å². The Morgan fingerprint density at radius 3 is 1.50 bits per heavy atom. The molecular formula is C26H30N6O4. The van der Waals surface area contributed by atoms with Crippen molar-refractivity contribution < 1.29 is 0 Å². The van der Waals surface area contributed by atoms with E-state index >= 15 is 0 Å². The zero-order chi connectivity index (χ0) is 25.3. The van der Waals surface area contributed by atoms with Crippen molar-refractivity contribution >= 4 is 21.8 Å². The van der Waals surface area contributed by atoms with Crippen LogP contribution in [0.25, 0.3) is 21.8 Å². The average molecular weight is 491 g/mol. The fraction of sp³-hybridized carbons (Fsp3) is 0.308. The average Bonchev–Trinajstić information content (AvgIpc) is 2.88. The first-order valence-corrected chi connectivity index (χ1v) is 12.1. The normalized spacial score (nSPS) is 11.7. The van der Waals surface area contributed by atoms with Crippen LogP contribution in [0.4, 0.5) is 0 Å². The highest BCUT2D eigenvalue weighted by atomic mass is 16.2. The Hall–Kier alpha value is -4.02. The third kappa shape index (κ3) is 5.96. The number of nitrogens with zero attached hydrogens (tertiary/aromatic N) is 2. The molecule has 10 nitrogen and oxygen atoms in total. The number of hydrogen-bond donors (Lipinski definition) is 4. The topological polar surface area (TPSA) is 134 Å². The number of nitrogens with one attached hydrogen (secondary N) is 4. The smallest absolute Gasteiger partial charge is 0.313 e. The highest BCUT2D eigenvalue weighted by Crippen LogP contribution is 2.04. The molecule has 4 aromatic rings. The fourth-order valence-electron chi connectivity index (χ4n) is 4.07. The molecule has 2 heterocycles. The summed E-state index contributed by atoms with van der Waals surface area (Å²) in [4.78, 5) is 54.8. The minimum atomic E-state index is -0.389. The molecule has 0 aliphatic heterocycles. The lowest BCUT2D eigenvalue weighted by Crippen LogP contribution is -2.35. The predicted octanol–water partition coefficient (Wildman–Crippen LogP) is 0.909. The summed E-state index contributed by atoms with van der Waals surface area (Å²) in [5.41, 5.74) is -0.209. The molecule has 2 aromatic carbocycles. The van der Waals surface area contributed by atoms with E-state index in [9.17, 15) is 19.2 Å². The van der Waals surface area contributed by atoms with Gasteiger partial charge >= 0.3 is 11.4 Å². The Balaban J connectivity index is 1.11. The van der Waals surface area contributed by atoms with Gasteiger partial charge in [0.15, 0.2) is 0 Å². The zero-order valence-corrected chi connectivity index (χ0v) is 20.0. The summed E-state index contributed by atoms with van der Waals surface area (Å²) in [5, 5.41) is 7.55. The minimum absolute atomic E-state index is 0.268. The van der Waals surface area contributed by atoms with Crippen LogP contribution in [0, 0.1) is 0 Å². The quantitative estimate of drug-likeness (QED) is 0.172. The maximum atomic E-state index is 12.5. The molecule has 0 radical (unpaired) electrons. The molecule has 0 aliphatic carbocycles. The summed E-state index contributed by atoms with van der Waals surface area (Å²) >= 11 is 0. The first-order chi connectivity index (χ1) is 17.6. The molecular weight excluding hydrogens is 460 g/mol. The fourth-order valence-corrected chi connectivity index (χ4v) is 4.07. The third-order valence-corrected chi connectivity index (χ3v) is 5.94. The van der Waals surface area contributed by atoms with E-state index in [1.54, 1.807) is 48.5 Å². The molecule has 0 unspecified atom stereocenters. The van der Waals surface area contributed by atoms with Gasteiger partial charge in [-0.05, 0) is 50.2 Å². The van der Waals surface area contributed by atoms with E-state index in [-0.39, 0.29) is 22.5 Å². The third-order valence-electron chi connectivity index (χ3n) is 5.94. The zero-order valence-electron chi connectivity index (χ0n) is 20.0. The van der Waals surface area contributed by atoms with Crippen LogP contribution in [-0.2, 0) is 13.1 Å². The number of aromatic nitrogens is 4. The van der Waals surface area contributed by atoms with Gasteiger partial charge in [0.1, 0.15) is 0 Å². The Labute approximate surface area is 206 Å². The summed E-state index contributed by atoms with van der Waals surface area (Å²) in [6.07, 6.45) is 5.31. The van der Waals surface area contributed by atoms with Crippen LogP contribution in [0.1, 0.15) is 12.8 Å². The molecule has 10 heteroatoms. The minimum Gasteiger partial charge on any atom is -0.313 e. The van der Waals surface area contributed by atoms with Gasteiger partial charge < -0.3 is 20.6 Å². The molecule has 0 spiro atoms. The Morgan fingerprint density at radius 2 is 1.06 bits per heavy atom. The first-order valence-electron chi connectivity index (χ1n) is 12.1. The van der Waals surface area contributed by atoms with Crippen LogP contribution < -0.4 is 33.1 Å². The van der Waals surface area contributed by atoms with Crippen LogP contribution in [0.5, 0.6) is 0 Å². The van der Waals surface area contributed by atoms with Crippen molar-refractivity contribution in [2.24, 2.45) is 0 Å². The van der Waals surface area contributed by atoms with Crippen LogP contribution in [0.3, 0.4) is 0 Å². The summed E-state index contributed by atoms with van der Waals surface area (Å²) in [5.74, 6) is 0. The summed E-state index contributed by atoms with van der Waals surface area (Å²) in [6.45, 7) is 3.39. The predicted molar refractivity (Wildman–Crippen MR) is 142 cm³/mol.